The summed E-state index contributed by atoms with van der Waals surface area (Å²) in [6.07, 6.45) is 0. The molecule has 0 bridgehead atoms. The van der Waals surface area contributed by atoms with Gasteiger partial charge in [-0.2, -0.15) is 0 Å². The van der Waals surface area contributed by atoms with Gasteiger partial charge in [0.25, 0.3) is 0 Å². The number of benzene rings is 2. The number of hydrogen-bond acceptors (Lipinski definition) is 4. The van der Waals surface area contributed by atoms with E-state index in [9.17, 15) is 4.79 Å². The van der Waals surface area contributed by atoms with Crippen LogP contribution in [-0.2, 0) is 6.61 Å². The first-order valence-electron chi connectivity index (χ1n) is 6.40. The Balaban J connectivity index is 2.22. The Morgan fingerprint density at radius 2 is 1.95 bits per heavy atom. The number of aromatic carboxylic acids is 1. The number of nitrogens with two attached hydrogens (primary N) is 1. The number of carboxylic acid groups (broad SMARTS) is 1. The molecule has 5 nitrogen and oxygen atoms in total. The van der Waals surface area contributed by atoms with Gasteiger partial charge in [0.2, 0.25) is 0 Å². The Morgan fingerprint density at radius 1 is 1.19 bits per heavy atom. The molecule has 0 aliphatic heterocycles. The Labute approximate surface area is 122 Å². The third-order valence-electron chi connectivity index (χ3n) is 3.08. The molecule has 0 amide bonds. The third kappa shape index (κ3) is 3.45. The van der Waals surface area contributed by atoms with Gasteiger partial charge >= 0.3 is 5.97 Å². The van der Waals surface area contributed by atoms with Crippen molar-refractivity contribution in [2.75, 3.05) is 12.8 Å². The summed E-state index contributed by atoms with van der Waals surface area (Å²) in [7, 11) is 1.59. The number of nitrogen functional groups attached to an aromatic ring is 1. The zero-order valence-electron chi connectivity index (χ0n) is 11.9. The Hall–Kier alpha value is -2.69. The number of ether oxygens (including phenoxy) is 2. The molecule has 0 aliphatic carbocycles. The van der Waals surface area contributed by atoms with Crippen LogP contribution < -0.4 is 15.2 Å². The van der Waals surface area contributed by atoms with Crippen LogP contribution in [0, 0.1) is 6.92 Å². The van der Waals surface area contributed by atoms with Crippen molar-refractivity contribution in [3.8, 4) is 11.5 Å². The number of rotatable bonds is 5. The highest BCUT2D eigenvalue weighted by molar-refractivity contribution is 5.89. The first kappa shape index (κ1) is 14.7. The summed E-state index contributed by atoms with van der Waals surface area (Å²) in [5.41, 5.74) is 8.29. The zero-order chi connectivity index (χ0) is 15.4. The maximum absolute atomic E-state index is 11.0. The molecular weight excluding hydrogens is 270 g/mol. The second-order valence-corrected chi connectivity index (χ2v) is 4.66. The molecule has 2 aromatic rings. The van der Waals surface area contributed by atoms with Crippen molar-refractivity contribution >= 4 is 11.7 Å². The van der Waals surface area contributed by atoms with Gasteiger partial charge in [-0.05, 0) is 37.3 Å². The Kier molecular flexibility index (Phi) is 4.33. The summed E-state index contributed by atoms with van der Waals surface area (Å²) in [6.45, 7) is 2.22. The van der Waals surface area contributed by atoms with Gasteiger partial charge in [-0.3, -0.25) is 0 Å². The summed E-state index contributed by atoms with van der Waals surface area (Å²) in [4.78, 5) is 11.0. The molecule has 2 rings (SSSR count). The summed E-state index contributed by atoms with van der Waals surface area (Å²) < 4.78 is 10.9. The molecule has 2 aromatic carbocycles. The molecule has 0 radical (unpaired) electrons. The largest absolute Gasteiger partial charge is 0.496 e. The van der Waals surface area contributed by atoms with E-state index in [1.807, 2.05) is 25.1 Å². The van der Waals surface area contributed by atoms with Crippen molar-refractivity contribution in [3.05, 3.63) is 53.1 Å². The minimum atomic E-state index is -1.02. The van der Waals surface area contributed by atoms with Crippen LogP contribution in [0.2, 0.25) is 0 Å². The predicted molar refractivity (Wildman–Crippen MR) is 79.9 cm³/mol. The van der Waals surface area contributed by atoms with Crippen LogP contribution in [-0.4, -0.2) is 18.2 Å². The first-order chi connectivity index (χ1) is 10.0. The molecule has 0 fully saturated rings. The number of anilines is 1. The average molecular weight is 287 g/mol. The second kappa shape index (κ2) is 6.17. The minimum Gasteiger partial charge on any atom is -0.496 e. The van der Waals surface area contributed by atoms with Gasteiger partial charge in [0.15, 0.2) is 0 Å². The van der Waals surface area contributed by atoms with Crippen LogP contribution in [0.1, 0.15) is 21.5 Å². The van der Waals surface area contributed by atoms with E-state index in [4.69, 9.17) is 20.3 Å². The number of aryl methyl sites for hydroxylation is 1. The van der Waals surface area contributed by atoms with E-state index in [0.29, 0.717) is 17.2 Å². The molecule has 0 aromatic heterocycles. The van der Waals surface area contributed by atoms with Crippen molar-refractivity contribution in [1.29, 1.82) is 0 Å². The fourth-order valence-electron chi connectivity index (χ4n) is 1.97. The zero-order valence-corrected chi connectivity index (χ0v) is 11.9. The highest BCUT2D eigenvalue weighted by atomic mass is 16.5. The summed E-state index contributed by atoms with van der Waals surface area (Å²) in [5.74, 6) is 0.0417. The molecule has 0 atom stereocenters. The summed E-state index contributed by atoms with van der Waals surface area (Å²) in [5, 5.41) is 8.99. The maximum Gasteiger partial charge on any atom is 0.335 e. The van der Waals surface area contributed by atoms with Gasteiger partial charge in [0, 0.05) is 5.56 Å². The van der Waals surface area contributed by atoms with E-state index in [2.05, 4.69) is 0 Å². The van der Waals surface area contributed by atoms with E-state index in [1.165, 1.54) is 18.2 Å². The summed E-state index contributed by atoms with van der Waals surface area (Å²) in [6, 6.07) is 10.1. The molecule has 3 N–H and O–H groups in total. The molecule has 0 saturated heterocycles. The van der Waals surface area contributed by atoms with Crippen LogP contribution in [0.3, 0.4) is 0 Å². The van der Waals surface area contributed by atoms with Crippen molar-refractivity contribution in [1.82, 2.24) is 0 Å². The van der Waals surface area contributed by atoms with Crippen molar-refractivity contribution in [3.63, 3.8) is 0 Å². The second-order valence-electron chi connectivity index (χ2n) is 4.66. The lowest BCUT2D eigenvalue weighted by molar-refractivity contribution is 0.0696. The lowest BCUT2D eigenvalue weighted by Gasteiger charge is -2.13. The van der Waals surface area contributed by atoms with Crippen LogP contribution in [0.15, 0.2) is 36.4 Å². The topological polar surface area (TPSA) is 81.8 Å². The smallest absolute Gasteiger partial charge is 0.335 e. The molecule has 0 aliphatic rings. The van der Waals surface area contributed by atoms with E-state index in [-0.39, 0.29) is 12.2 Å². The van der Waals surface area contributed by atoms with Crippen LogP contribution in [0.4, 0.5) is 5.69 Å². The standard InChI is InChI=1S/C16H17NO4/c1-10-3-6-14(20-2)12(7-10)9-21-15-8-11(16(18)19)4-5-13(15)17/h3-8H,9,17H2,1-2H3,(H,18,19). The molecule has 0 saturated carbocycles. The predicted octanol–water partition coefficient (Wildman–Crippen LogP) is 2.86. The van der Waals surface area contributed by atoms with Gasteiger partial charge in [-0.25, -0.2) is 4.79 Å². The third-order valence-corrected chi connectivity index (χ3v) is 3.08. The van der Waals surface area contributed by atoms with E-state index in [0.717, 1.165) is 11.1 Å². The van der Waals surface area contributed by atoms with Crippen LogP contribution >= 0.6 is 0 Å². The van der Waals surface area contributed by atoms with Gasteiger partial charge in [-0.1, -0.05) is 11.6 Å². The van der Waals surface area contributed by atoms with E-state index >= 15 is 0 Å². The molecule has 110 valence electrons. The molecule has 0 heterocycles. The normalized spacial score (nSPS) is 10.2. The maximum atomic E-state index is 11.0. The molecular formula is C16H17NO4. The lowest BCUT2D eigenvalue weighted by atomic mass is 10.1. The number of carboxylic acids is 1. The number of methoxy groups -OCH3 is 1. The molecule has 5 heteroatoms. The Bertz CT molecular complexity index is 667. The van der Waals surface area contributed by atoms with Crippen molar-refractivity contribution < 1.29 is 19.4 Å². The first-order valence-corrected chi connectivity index (χ1v) is 6.40. The minimum absolute atomic E-state index is 0.135. The lowest BCUT2D eigenvalue weighted by Crippen LogP contribution is -2.03. The van der Waals surface area contributed by atoms with Crippen molar-refractivity contribution in [2.45, 2.75) is 13.5 Å². The highest BCUT2D eigenvalue weighted by Gasteiger charge is 2.09. The SMILES string of the molecule is COc1ccc(C)cc1COc1cc(C(=O)O)ccc1N. The van der Waals surface area contributed by atoms with Crippen LogP contribution in [0.5, 0.6) is 11.5 Å². The monoisotopic (exact) mass is 287 g/mol. The van der Waals surface area contributed by atoms with Crippen LogP contribution in [0.25, 0.3) is 0 Å². The average Bonchev–Trinajstić information content (AvgIpc) is 2.46. The van der Waals surface area contributed by atoms with Gasteiger partial charge < -0.3 is 20.3 Å². The van der Waals surface area contributed by atoms with E-state index < -0.39 is 5.97 Å². The van der Waals surface area contributed by atoms with E-state index in [1.54, 1.807) is 7.11 Å². The quantitative estimate of drug-likeness (QED) is 0.826. The van der Waals surface area contributed by atoms with Gasteiger partial charge in [0.1, 0.15) is 18.1 Å². The van der Waals surface area contributed by atoms with Gasteiger partial charge in [-0.15, -0.1) is 0 Å². The molecule has 21 heavy (non-hydrogen) atoms. The summed E-state index contributed by atoms with van der Waals surface area (Å²) >= 11 is 0. The Morgan fingerprint density at radius 3 is 2.62 bits per heavy atom. The fraction of sp³-hybridized carbons (Fsp3) is 0.188. The van der Waals surface area contributed by atoms with Crippen molar-refractivity contribution in [2.24, 2.45) is 0 Å². The number of hydrogen-bond donors (Lipinski definition) is 2. The molecule has 0 unspecified atom stereocenters. The number of carbonyl (C=O) groups is 1. The molecule has 0 spiro atoms. The fourth-order valence-corrected chi connectivity index (χ4v) is 1.97. The highest BCUT2D eigenvalue weighted by Crippen LogP contribution is 2.26. The van der Waals surface area contributed by atoms with Gasteiger partial charge in [0.05, 0.1) is 18.4 Å².